The predicted molar refractivity (Wildman–Crippen MR) is 102 cm³/mol. The van der Waals surface area contributed by atoms with Gasteiger partial charge in [-0.2, -0.15) is 0 Å². The monoisotopic (exact) mass is 374 g/mol. The first kappa shape index (κ1) is 19.1. The van der Waals surface area contributed by atoms with E-state index in [1.165, 1.54) is 18.9 Å². The number of hydrogen-bond acceptors (Lipinski definition) is 4. The summed E-state index contributed by atoms with van der Waals surface area (Å²) in [7, 11) is 1.88. The molecule has 1 heterocycles. The Kier molecular flexibility index (Phi) is 6.26. The molecule has 1 saturated carbocycles. The number of nitrogens with zero attached hydrogens (tertiary/aromatic N) is 4. The van der Waals surface area contributed by atoms with Crippen LogP contribution < -0.4 is 15.4 Å². The minimum atomic E-state index is -0.331. The van der Waals surface area contributed by atoms with Crippen molar-refractivity contribution in [2.75, 3.05) is 13.2 Å². The van der Waals surface area contributed by atoms with E-state index in [0.29, 0.717) is 30.8 Å². The van der Waals surface area contributed by atoms with Crippen molar-refractivity contribution in [1.82, 2.24) is 25.4 Å². The summed E-state index contributed by atoms with van der Waals surface area (Å²) >= 11 is 0. The molecule has 0 aliphatic heterocycles. The summed E-state index contributed by atoms with van der Waals surface area (Å²) in [6.07, 6.45) is 4.01. The molecule has 2 N–H and O–H groups in total. The first-order valence-electron chi connectivity index (χ1n) is 9.36. The van der Waals surface area contributed by atoms with Crippen molar-refractivity contribution in [3.05, 3.63) is 41.7 Å². The van der Waals surface area contributed by atoms with E-state index in [1.807, 2.05) is 31.5 Å². The van der Waals surface area contributed by atoms with Crippen molar-refractivity contribution in [3.63, 3.8) is 0 Å². The number of guanidine groups is 1. The van der Waals surface area contributed by atoms with Gasteiger partial charge in [-0.05, 0) is 50.3 Å². The van der Waals surface area contributed by atoms with E-state index in [2.05, 4.69) is 25.8 Å². The minimum absolute atomic E-state index is 0.116. The van der Waals surface area contributed by atoms with Crippen LogP contribution in [0.4, 0.5) is 4.39 Å². The molecule has 146 valence electrons. The SMILES string of the molecule is CCNC(=NCc1nncn1C)NC(C)c1ccc(OCC2CC2)c(F)c1. The molecular weight excluding hydrogens is 347 g/mol. The Morgan fingerprint density at radius 3 is 2.89 bits per heavy atom. The molecule has 0 spiro atoms. The molecule has 1 atom stereocenters. The quantitative estimate of drug-likeness (QED) is 0.549. The molecule has 1 aromatic carbocycles. The predicted octanol–water partition coefficient (Wildman–Crippen LogP) is 2.56. The molecule has 0 amide bonds. The van der Waals surface area contributed by atoms with E-state index < -0.39 is 0 Å². The summed E-state index contributed by atoms with van der Waals surface area (Å²) in [6.45, 7) is 5.69. The number of aryl methyl sites for hydroxylation is 1. The van der Waals surface area contributed by atoms with Crippen molar-refractivity contribution in [2.24, 2.45) is 18.0 Å². The Morgan fingerprint density at radius 2 is 2.26 bits per heavy atom. The average Bonchev–Trinajstić information content (AvgIpc) is 3.39. The lowest BCUT2D eigenvalue weighted by Crippen LogP contribution is -2.38. The van der Waals surface area contributed by atoms with E-state index in [0.717, 1.165) is 17.9 Å². The zero-order valence-corrected chi connectivity index (χ0v) is 16.1. The molecular formula is C19H27FN6O. The smallest absolute Gasteiger partial charge is 0.192 e. The first-order valence-corrected chi connectivity index (χ1v) is 9.36. The van der Waals surface area contributed by atoms with Gasteiger partial charge in [0.15, 0.2) is 23.4 Å². The van der Waals surface area contributed by atoms with Gasteiger partial charge in [0.2, 0.25) is 0 Å². The van der Waals surface area contributed by atoms with E-state index in [1.54, 1.807) is 12.4 Å². The fraction of sp³-hybridized carbons (Fsp3) is 0.526. The van der Waals surface area contributed by atoms with Crippen LogP contribution in [-0.2, 0) is 13.6 Å². The Balaban J connectivity index is 1.62. The van der Waals surface area contributed by atoms with E-state index >= 15 is 0 Å². The molecule has 1 fully saturated rings. The molecule has 1 aromatic heterocycles. The third kappa shape index (κ3) is 5.42. The Labute approximate surface area is 159 Å². The number of aromatic nitrogens is 3. The number of ether oxygens (including phenoxy) is 1. The highest BCUT2D eigenvalue weighted by molar-refractivity contribution is 5.80. The van der Waals surface area contributed by atoms with Gasteiger partial charge in [-0.1, -0.05) is 6.07 Å². The summed E-state index contributed by atoms with van der Waals surface area (Å²) in [6, 6.07) is 4.99. The van der Waals surface area contributed by atoms with Crippen LogP contribution in [0.1, 0.15) is 44.1 Å². The van der Waals surface area contributed by atoms with Gasteiger partial charge in [0.1, 0.15) is 12.9 Å². The van der Waals surface area contributed by atoms with Crippen molar-refractivity contribution >= 4 is 5.96 Å². The molecule has 8 heteroatoms. The zero-order chi connectivity index (χ0) is 19.2. The fourth-order valence-corrected chi connectivity index (χ4v) is 2.60. The molecule has 7 nitrogen and oxygen atoms in total. The average molecular weight is 374 g/mol. The number of rotatable bonds is 8. The second-order valence-corrected chi connectivity index (χ2v) is 6.86. The van der Waals surface area contributed by atoms with Crippen LogP contribution in [0.25, 0.3) is 0 Å². The zero-order valence-electron chi connectivity index (χ0n) is 16.1. The van der Waals surface area contributed by atoms with Gasteiger partial charge < -0.3 is 19.9 Å². The van der Waals surface area contributed by atoms with Gasteiger partial charge in [0, 0.05) is 13.6 Å². The Bertz CT molecular complexity index is 786. The highest BCUT2D eigenvalue weighted by Crippen LogP contribution is 2.30. The second-order valence-electron chi connectivity index (χ2n) is 6.86. The molecule has 27 heavy (non-hydrogen) atoms. The standard InChI is InChI=1S/C19H27FN6O/c1-4-21-19(22-10-18-25-23-12-26(18)3)24-13(2)15-7-8-17(16(20)9-15)27-11-14-5-6-14/h7-9,12-14H,4-6,10-11H2,1-3H3,(H2,21,22,24). The topological polar surface area (TPSA) is 76.4 Å². The van der Waals surface area contributed by atoms with Gasteiger partial charge in [0.05, 0.1) is 12.6 Å². The molecule has 2 aromatic rings. The summed E-state index contributed by atoms with van der Waals surface area (Å²) in [4.78, 5) is 4.53. The highest BCUT2D eigenvalue weighted by atomic mass is 19.1. The maximum absolute atomic E-state index is 14.3. The van der Waals surface area contributed by atoms with Gasteiger partial charge in [0.25, 0.3) is 0 Å². The van der Waals surface area contributed by atoms with Gasteiger partial charge in [-0.15, -0.1) is 10.2 Å². The van der Waals surface area contributed by atoms with Crippen LogP contribution in [-0.4, -0.2) is 33.9 Å². The van der Waals surface area contributed by atoms with Crippen LogP contribution >= 0.6 is 0 Å². The molecule has 1 aliphatic rings. The van der Waals surface area contributed by atoms with E-state index in [-0.39, 0.29) is 11.9 Å². The largest absolute Gasteiger partial charge is 0.490 e. The number of hydrogen-bond donors (Lipinski definition) is 2. The first-order chi connectivity index (χ1) is 13.1. The molecule has 3 rings (SSSR count). The summed E-state index contributed by atoms with van der Waals surface area (Å²) in [5.74, 6) is 1.99. The Morgan fingerprint density at radius 1 is 1.44 bits per heavy atom. The minimum Gasteiger partial charge on any atom is -0.490 e. The van der Waals surface area contributed by atoms with Crippen molar-refractivity contribution in [3.8, 4) is 5.75 Å². The normalized spacial score (nSPS) is 15.5. The lowest BCUT2D eigenvalue weighted by atomic mass is 10.1. The number of benzene rings is 1. The lowest BCUT2D eigenvalue weighted by molar-refractivity contribution is 0.285. The van der Waals surface area contributed by atoms with Crippen LogP contribution in [0, 0.1) is 11.7 Å². The van der Waals surface area contributed by atoms with Crippen molar-refractivity contribution < 1.29 is 9.13 Å². The van der Waals surface area contributed by atoms with Gasteiger partial charge in [-0.25, -0.2) is 9.38 Å². The van der Waals surface area contributed by atoms with E-state index in [9.17, 15) is 4.39 Å². The molecule has 0 bridgehead atoms. The molecule has 0 radical (unpaired) electrons. The molecule has 1 aliphatic carbocycles. The number of halogens is 1. The van der Waals surface area contributed by atoms with Gasteiger partial charge in [-0.3, -0.25) is 0 Å². The number of nitrogens with one attached hydrogen (secondary N) is 2. The van der Waals surface area contributed by atoms with Crippen LogP contribution in [0.15, 0.2) is 29.5 Å². The summed E-state index contributed by atoms with van der Waals surface area (Å²) in [5, 5.41) is 14.4. The summed E-state index contributed by atoms with van der Waals surface area (Å²) in [5.41, 5.74) is 0.829. The lowest BCUT2D eigenvalue weighted by Gasteiger charge is -2.19. The maximum Gasteiger partial charge on any atom is 0.192 e. The van der Waals surface area contributed by atoms with Crippen LogP contribution in [0.5, 0.6) is 5.75 Å². The summed E-state index contributed by atoms with van der Waals surface area (Å²) < 4.78 is 21.7. The molecule has 0 saturated heterocycles. The van der Waals surface area contributed by atoms with E-state index in [4.69, 9.17) is 4.74 Å². The second kappa shape index (κ2) is 8.83. The molecule has 1 unspecified atom stereocenters. The third-order valence-corrected chi connectivity index (χ3v) is 4.51. The van der Waals surface area contributed by atoms with Crippen LogP contribution in [0.2, 0.25) is 0 Å². The van der Waals surface area contributed by atoms with Crippen molar-refractivity contribution in [2.45, 2.75) is 39.3 Å². The fourth-order valence-electron chi connectivity index (χ4n) is 2.60. The van der Waals surface area contributed by atoms with Crippen LogP contribution in [0.3, 0.4) is 0 Å². The highest BCUT2D eigenvalue weighted by Gasteiger charge is 2.22. The number of aliphatic imine (C=N–C) groups is 1. The maximum atomic E-state index is 14.3. The van der Waals surface area contributed by atoms with Crippen molar-refractivity contribution in [1.29, 1.82) is 0 Å². The van der Waals surface area contributed by atoms with Gasteiger partial charge >= 0.3 is 0 Å². The Hall–Kier alpha value is -2.64. The third-order valence-electron chi connectivity index (χ3n) is 4.51.